The Labute approximate surface area is 99.7 Å². The summed E-state index contributed by atoms with van der Waals surface area (Å²) < 4.78 is 1.60. The van der Waals surface area contributed by atoms with Crippen molar-refractivity contribution in [2.24, 2.45) is 0 Å². The van der Waals surface area contributed by atoms with Crippen LogP contribution in [0.5, 0.6) is 0 Å². The van der Waals surface area contributed by atoms with E-state index in [1.54, 1.807) is 36.9 Å². The summed E-state index contributed by atoms with van der Waals surface area (Å²) in [4.78, 5) is 0. The second-order valence-electron chi connectivity index (χ2n) is 4.33. The lowest BCUT2D eigenvalue weighted by atomic mass is 10.1. The first-order chi connectivity index (χ1) is 8.02. The molecular formula is C13H13N3O. The van der Waals surface area contributed by atoms with Gasteiger partial charge in [-0.2, -0.15) is 10.4 Å². The van der Waals surface area contributed by atoms with E-state index in [4.69, 9.17) is 5.26 Å². The average molecular weight is 227 g/mol. The third kappa shape index (κ3) is 2.19. The van der Waals surface area contributed by atoms with Gasteiger partial charge in [0.25, 0.3) is 0 Å². The Hall–Kier alpha value is -2.12. The van der Waals surface area contributed by atoms with Crippen LogP contribution < -0.4 is 0 Å². The van der Waals surface area contributed by atoms with Gasteiger partial charge < -0.3 is 5.11 Å². The van der Waals surface area contributed by atoms with Gasteiger partial charge in [-0.05, 0) is 32.0 Å². The van der Waals surface area contributed by atoms with Crippen molar-refractivity contribution in [2.45, 2.75) is 19.4 Å². The average Bonchev–Trinajstić information content (AvgIpc) is 2.77. The predicted octanol–water partition coefficient (Wildman–Crippen LogP) is 1.97. The second-order valence-corrected chi connectivity index (χ2v) is 4.33. The number of para-hydroxylation sites is 1. The Morgan fingerprint density at radius 1 is 1.29 bits per heavy atom. The molecule has 0 aliphatic rings. The molecule has 1 aromatic heterocycles. The van der Waals surface area contributed by atoms with Crippen molar-refractivity contribution < 1.29 is 5.11 Å². The molecule has 0 unspecified atom stereocenters. The normalized spacial score (nSPS) is 11.2. The molecule has 17 heavy (non-hydrogen) atoms. The third-order valence-electron chi connectivity index (χ3n) is 2.49. The van der Waals surface area contributed by atoms with Crippen LogP contribution in [-0.2, 0) is 5.60 Å². The van der Waals surface area contributed by atoms with Crippen molar-refractivity contribution in [1.82, 2.24) is 9.78 Å². The van der Waals surface area contributed by atoms with Crippen LogP contribution in [-0.4, -0.2) is 14.9 Å². The number of aliphatic hydroxyl groups is 1. The molecule has 0 saturated carbocycles. The van der Waals surface area contributed by atoms with Gasteiger partial charge in [0.05, 0.1) is 16.9 Å². The minimum absolute atomic E-state index is 0.554. The largest absolute Gasteiger partial charge is 0.384 e. The van der Waals surface area contributed by atoms with Gasteiger partial charge >= 0.3 is 0 Å². The predicted molar refractivity (Wildman–Crippen MR) is 63.5 cm³/mol. The molecule has 0 aliphatic heterocycles. The SMILES string of the molecule is CC(C)(O)c1ccn(-c2ccccc2C#N)n1. The van der Waals surface area contributed by atoms with Crippen LogP contribution in [0, 0.1) is 11.3 Å². The van der Waals surface area contributed by atoms with Crippen molar-refractivity contribution in [3.63, 3.8) is 0 Å². The zero-order valence-corrected chi connectivity index (χ0v) is 9.75. The van der Waals surface area contributed by atoms with Crippen molar-refractivity contribution in [2.75, 3.05) is 0 Å². The van der Waals surface area contributed by atoms with Crippen LogP contribution in [0.4, 0.5) is 0 Å². The summed E-state index contributed by atoms with van der Waals surface area (Å²) in [5.74, 6) is 0. The monoisotopic (exact) mass is 227 g/mol. The van der Waals surface area contributed by atoms with Gasteiger partial charge in [0.15, 0.2) is 0 Å². The van der Waals surface area contributed by atoms with Crippen molar-refractivity contribution in [3.8, 4) is 11.8 Å². The Kier molecular flexibility index (Phi) is 2.70. The first-order valence-corrected chi connectivity index (χ1v) is 5.30. The fourth-order valence-electron chi connectivity index (χ4n) is 1.55. The van der Waals surface area contributed by atoms with Crippen LogP contribution in [0.25, 0.3) is 5.69 Å². The van der Waals surface area contributed by atoms with E-state index >= 15 is 0 Å². The van der Waals surface area contributed by atoms with Crippen LogP contribution in [0.15, 0.2) is 36.5 Å². The molecule has 86 valence electrons. The molecule has 0 atom stereocenters. The molecule has 0 saturated heterocycles. The molecule has 0 spiro atoms. The van der Waals surface area contributed by atoms with Gasteiger partial charge in [-0.1, -0.05) is 12.1 Å². The minimum Gasteiger partial charge on any atom is -0.384 e. The maximum absolute atomic E-state index is 9.83. The molecule has 0 fully saturated rings. The number of aromatic nitrogens is 2. The summed E-state index contributed by atoms with van der Waals surface area (Å²) in [6, 6.07) is 11.1. The second kappa shape index (κ2) is 4.04. The van der Waals surface area contributed by atoms with E-state index in [-0.39, 0.29) is 0 Å². The molecule has 0 radical (unpaired) electrons. The van der Waals surface area contributed by atoms with E-state index in [0.29, 0.717) is 16.9 Å². The molecule has 0 amide bonds. The number of nitriles is 1. The lowest BCUT2D eigenvalue weighted by Crippen LogP contribution is -2.16. The molecule has 1 heterocycles. The molecule has 2 rings (SSSR count). The van der Waals surface area contributed by atoms with Gasteiger partial charge in [0.2, 0.25) is 0 Å². The molecule has 2 aromatic rings. The maximum Gasteiger partial charge on any atom is 0.103 e. The lowest BCUT2D eigenvalue weighted by Gasteiger charge is -2.13. The fourth-order valence-corrected chi connectivity index (χ4v) is 1.55. The van der Waals surface area contributed by atoms with Crippen molar-refractivity contribution in [1.29, 1.82) is 5.26 Å². The van der Waals surface area contributed by atoms with Gasteiger partial charge in [0, 0.05) is 6.20 Å². The van der Waals surface area contributed by atoms with Crippen LogP contribution in [0.2, 0.25) is 0 Å². The van der Waals surface area contributed by atoms with Gasteiger partial charge in [0.1, 0.15) is 11.7 Å². The van der Waals surface area contributed by atoms with E-state index < -0.39 is 5.60 Å². The fraction of sp³-hybridized carbons (Fsp3) is 0.231. The minimum atomic E-state index is -0.979. The Bertz CT molecular complexity index is 573. The first kappa shape index (κ1) is 11.4. The number of hydrogen-bond acceptors (Lipinski definition) is 3. The number of hydrogen-bond donors (Lipinski definition) is 1. The molecule has 4 nitrogen and oxygen atoms in total. The Balaban J connectivity index is 2.49. The summed E-state index contributed by atoms with van der Waals surface area (Å²) in [5.41, 5.74) is 0.862. The maximum atomic E-state index is 9.83. The van der Waals surface area contributed by atoms with Gasteiger partial charge in [-0.3, -0.25) is 0 Å². The van der Waals surface area contributed by atoms with Crippen LogP contribution >= 0.6 is 0 Å². The highest BCUT2D eigenvalue weighted by molar-refractivity contribution is 5.48. The Morgan fingerprint density at radius 2 is 2.00 bits per heavy atom. The molecular weight excluding hydrogens is 214 g/mol. The number of benzene rings is 1. The summed E-state index contributed by atoms with van der Waals surface area (Å²) in [5, 5.41) is 23.1. The quantitative estimate of drug-likeness (QED) is 0.853. The van der Waals surface area contributed by atoms with Crippen molar-refractivity contribution in [3.05, 3.63) is 47.8 Å². The van der Waals surface area contributed by atoms with E-state index in [2.05, 4.69) is 11.2 Å². The summed E-state index contributed by atoms with van der Waals surface area (Å²) in [6.45, 7) is 3.35. The summed E-state index contributed by atoms with van der Waals surface area (Å²) in [6.07, 6.45) is 1.74. The molecule has 0 aliphatic carbocycles. The lowest BCUT2D eigenvalue weighted by molar-refractivity contribution is 0.0734. The van der Waals surface area contributed by atoms with E-state index in [1.165, 1.54) is 0 Å². The topological polar surface area (TPSA) is 61.8 Å². The van der Waals surface area contributed by atoms with Gasteiger partial charge in [-0.25, -0.2) is 4.68 Å². The number of rotatable bonds is 2. The summed E-state index contributed by atoms with van der Waals surface area (Å²) >= 11 is 0. The van der Waals surface area contributed by atoms with Crippen LogP contribution in [0.1, 0.15) is 25.1 Å². The molecule has 1 N–H and O–H groups in total. The number of nitrogens with zero attached hydrogens (tertiary/aromatic N) is 3. The van der Waals surface area contributed by atoms with Gasteiger partial charge in [-0.15, -0.1) is 0 Å². The van der Waals surface area contributed by atoms with E-state index in [1.807, 2.05) is 18.2 Å². The molecule has 4 heteroatoms. The van der Waals surface area contributed by atoms with E-state index in [0.717, 1.165) is 0 Å². The zero-order chi connectivity index (χ0) is 12.5. The highest BCUT2D eigenvalue weighted by Gasteiger charge is 2.19. The Morgan fingerprint density at radius 3 is 2.59 bits per heavy atom. The highest BCUT2D eigenvalue weighted by Crippen LogP contribution is 2.19. The first-order valence-electron chi connectivity index (χ1n) is 5.30. The zero-order valence-electron chi connectivity index (χ0n) is 9.75. The van der Waals surface area contributed by atoms with Crippen LogP contribution in [0.3, 0.4) is 0 Å². The van der Waals surface area contributed by atoms with Crippen molar-refractivity contribution >= 4 is 0 Å². The standard InChI is InChI=1S/C13H13N3O/c1-13(2,17)12-7-8-16(15-12)11-6-4-3-5-10(11)9-14/h3-8,17H,1-2H3. The third-order valence-corrected chi connectivity index (χ3v) is 2.49. The highest BCUT2D eigenvalue weighted by atomic mass is 16.3. The molecule has 0 bridgehead atoms. The molecule has 1 aromatic carbocycles. The van der Waals surface area contributed by atoms with E-state index in [9.17, 15) is 5.11 Å². The summed E-state index contributed by atoms with van der Waals surface area (Å²) in [7, 11) is 0. The smallest absolute Gasteiger partial charge is 0.103 e.